The van der Waals surface area contributed by atoms with Crippen molar-refractivity contribution in [3.8, 4) is 0 Å². The quantitative estimate of drug-likeness (QED) is 0.700. The number of aryl methyl sites for hydroxylation is 1. The van der Waals surface area contributed by atoms with Gasteiger partial charge in [0.2, 0.25) is 0 Å². The van der Waals surface area contributed by atoms with Gasteiger partial charge in [-0.15, -0.1) is 0 Å². The first-order chi connectivity index (χ1) is 6.20. The molecule has 13 heavy (non-hydrogen) atoms. The van der Waals surface area contributed by atoms with Gasteiger partial charge in [-0.25, -0.2) is 0 Å². The second kappa shape index (κ2) is 4.13. The Morgan fingerprint density at radius 1 is 1.31 bits per heavy atom. The maximum Gasteiger partial charge on any atom is 0.115 e. The highest BCUT2D eigenvalue weighted by molar-refractivity contribution is 5.61. The number of hydrogen-bond acceptors (Lipinski definition) is 1. The molecule has 0 radical (unpaired) electrons. The van der Waals surface area contributed by atoms with Crippen molar-refractivity contribution in [2.45, 2.75) is 26.7 Å². The highest BCUT2D eigenvalue weighted by atomic mass is 16.3. The molecule has 1 nitrogen and oxygen atoms in total. The molecule has 70 valence electrons. The minimum atomic E-state index is 0.173. The largest absolute Gasteiger partial charge is 0.508 e. The fourth-order valence-electron chi connectivity index (χ4n) is 1.65. The molecule has 1 heteroatoms. The lowest BCUT2D eigenvalue weighted by Crippen LogP contribution is -1.96. The summed E-state index contributed by atoms with van der Waals surface area (Å²) in [4.78, 5) is 0. The van der Waals surface area contributed by atoms with Crippen LogP contribution in [0, 0.1) is 0 Å². The highest BCUT2D eigenvalue weighted by Crippen LogP contribution is 2.20. The van der Waals surface area contributed by atoms with E-state index in [2.05, 4.69) is 26.5 Å². The molecule has 1 aromatic rings. The fraction of sp³-hybridized carbons (Fsp3) is 0.333. The van der Waals surface area contributed by atoms with E-state index in [1.165, 1.54) is 11.1 Å². The minimum absolute atomic E-state index is 0.173. The Morgan fingerprint density at radius 2 is 2.00 bits per heavy atom. The van der Waals surface area contributed by atoms with Gasteiger partial charge in [-0.1, -0.05) is 38.6 Å². The van der Waals surface area contributed by atoms with E-state index in [1.807, 2.05) is 12.1 Å². The molecular weight excluding hydrogens is 160 g/mol. The van der Waals surface area contributed by atoms with Gasteiger partial charge in [0, 0.05) is 5.56 Å². The Hall–Kier alpha value is -1.24. The van der Waals surface area contributed by atoms with Crippen molar-refractivity contribution in [1.82, 2.24) is 0 Å². The van der Waals surface area contributed by atoms with Gasteiger partial charge in [-0.05, 0) is 24.0 Å². The van der Waals surface area contributed by atoms with Gasteiger partial charge in [0.25, 0.3) is 0 Å². The van der Waals surface area contributed by atoms with Crippen LogP contribution >= 0.6 is 0 Å². The SMILES string of the molecule is C=C(O)c1cccc(CC)c1CC. The topological polar surface area (TPSA) is 20.2 Å². The number of rotatable bonds is 3. The summed E-state index contributed by atoms with van der Waals surface area (Å²) in [6, 6.07) is 5.99. The normalized spacial score (nSPS) is 10.0. The molecule has 0 atom stereocenters. The molecule has 0 bridgehead atoms. The molecule has 0 amide bonds. The van der Waals surface area contributed by atoms with E-state index in [-0.39, 0.29) is 5.76 Å². The van der Waals surface area contributed by atoms with Crippen LogP contribution in [-0.2, 0) is 12.8 Å². The highest BCUT2D eigenvalue weighted by Gasteiger charge is 2.06. The van der Waals surface area contributed by atoms with Gasteiger partial charge in [0.1, 0.15) is 5.76 Å². The summed E-state index contributed by atoms with van der Waals surface area (Å²) < 4.78 is 0. The summed E-state index contributed by atoms with van der Waals surface area (Å²) in [5, 5.41) is 9.36. The fourth-order valence-corrected chi connectivity index (χ4v) is 1.65. The monoisotopic (exact) mass is 176 g/mol. The Kier molecular flexibility index (Phi) is 3.13. The number of aliphatic hydroxyl groups is 1. The second-order valence-electron chi connectivity index (χ2n) is 3.10. The summed E-state index contributed by atoms with van der Waals surface area (Å²) in [6.07, 6.45) is 1.95. The molecule has 0 aliphatic heterocycles. The summed E-state index contributed by atoms with van der Waals surface area (Å²) in [6.45, 7) is 7.79. The van der Waals surface area contributed by atoms with E-state index in [0.717, 1.165) is 18.4 Å². The van der Waals surface area contributed by atoms with Gasteiger partial charge < -0.3 is 5.11 Å². The Bertz CT molecular complexity index is 313. The summed E-state index contributed by atoms with van der Waals surface area (Å²) in [5.41, 5.74) is 3.41. The van der Waals surface area contributed by atoms with Gasteiger partial charge in [-0.3, -0.25) is 0 Å². The third kappa shape index (κ3) is 1.92. The van der Waals surface area contributed by atoms with E-state index in [1.54, 1.807) is 0 Å². The van der Waals surface area contributed by atoms with Crippen LogP contribution in [-0.4, -0.2) is 5.11 Å². The van der Waals surface area contributed by atoms with E-state index in [9.17, 15) is 5.11 Å². The molecule has 0 aliphatic rings. The molecule has 0 saturated heterocycles. The minimum Gasteiger partial charge on any atom is -0.508 e. The van der Waals surface area contributed by atoms with Crippen LogP contribution in [0.4, 0.5) is 0 Å². The summed E-state index contributed by atoms with van der Waals surface area (Å²) in [5.74, 6) is 0.173. The van der Waals surface area contributed by atoms with E-state index >= 15 is 0 Å². The molecule has 0 spiro atoms. The van der Waals surface area contributed by atoms with E-state index < -0.39 is 0 Å². The van der Waals surface area contributed by atoms with Gasteiger partial charge in [0.15, 0.2) is 0 Å². The van der Waals surface area contributed by atoms with Crippen molar-refractivity contribution in [3.63, 3.8) is 0 Å². The van der Waals surface area contributed by atoms with Crippen LogP contribution in [0.3, 0.4) is 0 Å². The van der Waals surface area contributed by atoms with Gasteiger partial charge in [-0.2, -0.15) is 0 Å². The molecule has 1 N–H and O–H groups in total. The van der Waals surface area contributed by atoms with Crippen LogP contribution in [0.25, 0.3) is 5.76 Å². The predicted octanol–water partition coefficient (Wildman–Crippen LogP) is 3.34. The average Bonchev–Trinajstić information content (AvgIpc) is 2.16. The van der Waals surface area contributed by atoms with Crippen molar-refractivity contribution in [2.75, 3.05) is 0 Å². The lowest BCUT2D eigenvalue weighted by atomic mass is 9.96. The van der Waals surface area contributed by atoms with Crippen molar-refractivity contribution in [2.24, 2.45) is 0 Å². The molecule has 0 aliphatic carbocycles. The third-order valence-electron chi connectivity index (χ3n) is 2.32. The van der Waals surface area contributed by atoms with Crippen LogP contribution in [0.1, 0.15) is 30.5 Å². The summed E-state index contributed by atoms with van der Waals surface area (Å²) >= 11 is 0. The molecule has 0 heterocycles. The zero-order valence-electron chi connectivity index (χ0n) is 8.30. The van der Waals surface area contributed by atoms with Gasteiger partial charge >= 0.3 is 0 Å². The molecular formula is C12H16O. The number of aliphatic hydroxyl groups excluding tert-OH is 1. The molecule has 0 fully saturated rings. The van der Waals surface area contributed by atoms with Crippen LogP contribution in [0.5, 0.6) is 0 Å². The zero-order valence-corrected chi connectivity index (χ0v) is 8.30. The second-order valence-corrected chi connectivity index (χ2v) is 3.10. The first-order valence-electron chi connectivity index (χ1n) is 4.69. The Labute approximate surface area is 79.7 Å². The van der Waals surface area contributed by atoms with E-state index in [4.69, 9.17) is 0 Å². The third-order valence-corrected chi connectivity index (χ3v) is 2.32. The van der Waals surface area contributed by atoms with Crippen molar-refractivity contribution >= 4 is 5.76 Å². The standard InChI is InChI=1S/C12H16O/c1-4-10-7-6-8-12(9(3)13)11(10)5-2/h6-8,13H,3-5H2,1-2H3. The maximum absolute atomic E-state index is 9.36. The Morgan fingerprint density at radius 3 is 2.46 bits per heavy atom. The molecule has 0 unspecified atom stereocenters. The first-order valence-corrected chi connectivity index (χ1v) is 4.69. The average molecular weight is 176 g/mol. The van der Waals surface area contributed by atoms with Crippen molar-refractivity contribution in [3.05, 3.63) is 41.5 Å². The smallest absolute Gasteiger partial charge is 0.115 e. The predicted molar refractivity (Wildman–Crippen MR) is 56.9 cm³/mol. The lowest BCUT2D eigenvalue weighted by molar-refractivity contribution is 0.512. The van der Waals surface area contributed by atoms with Gasteiger partial charge in [0.05, 0.1) is 0 Å². The summed E-state index contributed by atoms with van der Waals surface area (Å²) in [7, 11) is 0. The molecule has 1 aromatic carbocycles. The van der Waals surface area contributed by atoms with Crippen LogP contribution in [0.15, 0.2) is 24.8 Å². The molecule has 0 aromatic heterocycles. The molecule has 1 rings (SSSR count). The van der Waals surface area contributed by atoms with Crippen LogP contribution in [0.2, 0.25) is 0 Å². The lowest BCUT2D eigenvalue weighted by Gasteiger charge is -2.10. The number of hydrogen-bond donors (Lipinski definition) is 1. The van der Waals surface area contributed by atoms with Crippen molar-refractivity contribution in [1.29, 1.82) is 0 Å². The first kappa shape index (κ1) is 9.85. The van der Waals surface area contributed by atoms with Crippen LogP contribution < -0.4 is 0 Å². The zero-order chi connectivity index (χ0) is 9.84. The molecule has 0 saturated carbocycles. The number of benzene rings is 1. The van der Waals surface area contributed by atoms with Crippen molar-refractivity contribution < 1.29 is 5.11 Å². The van der Waals surface area contributed by atoms with E-state index in [0.29, 0.717) is 0 Å². The Balaban J connectivity index is 3.27. The maximum atomic E-state index is 9.36.